The van der Waals surface area contributed by atoms with Crippen LogP contribution in [-0.4, -0.2) is 12.0 Å². The topological polar surface area (TPSA) is 69.3 Å². The fourth-order valence-electron chi connectivity index (χ4n) is 0.504. The van der Waals surface area contributed by atoms with Gasteiger partial charge in [-0.3, -0.25) is 15.4 Å². The molecular formula is C4H6N3O2S+. The summed E-state index contributed by atoms with van der Waals surface area (Å²) in [5.74, 6) is 0. The number of rotatable bonds is 2. The Balaban J connectivity index is 2.88. The molecule has 0 saturated heterocycles. The molecule has 0 aliphatic heterocycles. The maximum absolute atomic E-state index is 10.1. The summed E-state index contributed by atoms with van der Waals surface area (Å²) in [7, 11) is 1.70. The van der Waals surface area contributed by atoms with Crippen molar-refractivity contribution in [1.29, 1.82) is 0 Å². The van der Waals surface area contributed by atoms with Crippen molar-refractivity contribution < 1.29 is 9.91 Å². The fraction of sp³-hybridized carbons (Fsp3) is 0.250. The zero-order valence-corrected chi connectivity index (χ0v) is 6.07. The van der Waals surface area contributed by atoms with Gasteiger partial charge in [0.25, 0.3) is 0 Å². The normalized spacial score (nSPS) is 9.30. The number of H-pyrrole nitrogens is 1. The maximum Gasteiger partial charge on any atom is 0.369 e. The summed E-state index contributed by atoms with van der Waals surface area (Å²) >= 11 is 1.08. The van der Waals surface area contributed by atoms with E-state index in [1.54, 1.807) is 7.05 Å². The van der Waals surface area contributed by atoms with Gasteiger partial charge in [0, 0.05) is 11.3 Å². The molecule has 0 atom stereocenters. The van der Waals surface area contributed by atoms with Crippen LogP contribution in [-0.2, 0) is 0 Å². The summed E-state index contributed by atoms with van der Waals surface area (Å²) in [6, 6.07) is 0. The minimum absolute atomic E-state index is 0.115. The molecule has 0 radical (unpaired) electrons. The zero-order valence-electron chi connectivity index (χ0n) is 5.25. The van der Waals surface area contributed by atoms with Crippen molar-refractivity contribution in [3.05, 3.63) is 16.3 Å². The first-order chi connectivity index (χ1) is 4.74. The maximum atomic E-state index is 10.1. The molecule has 1 aromatic rings. The van der Waals surface area contributed by atoms with Gasteiger partial charge in [0.05, 0.1) is 12.0 Å². The number of hydrogen-bond acceptors (Lipinski definition) is 4. The van der Waals surface area contributed by atoms with Crippen molar-refractivity contribution in [2.45, 2.75) is 0 Å². The van der Waals surface area contributed by atoms with Gasteiger partial charge in [0.1, 0.15) is 0 Å². The van der Waals surface area contributed by atoms with Crippen LogP contribution in [0.1, 0.15) is 0 Å². The molecular weight excluding hydrogens is 154 g/mol. The number of nitrogens with one attached hydrogen (secondary N) is 2. The first-order valence-electron chi connectivity index (χ1n) is 2.57. The number of anilines is 1. The summed E-state index contributed by atoms with van der Waals surface area (Å²) in [4.78, 5) is 12.4. The Morgan fingerprint density at radius 1 is 1.90 bits per heavy atom. The van der Waals surface area contributed by atoms with E-state index in [-0.39, 0.29) is 5.00 Å². The van der Waals surface area contributed by atoms with Crippen LogP contribution in [0.3, 0.4) is 0 Å². The van der Waals surface area contributed by atoms with Crippen LogP contribution in [0.4, 0.5) is 10.1 Å². The number of hydrogen-bond donors (Lipinski definition) is 1. The van der Waals surface area contributed by atoms with E-state index in [4.69, 9.17) is 0 Å². The van der Waals surface area contributed by atoms with Crippen molar-refractivity contribution in [2.75, 3.05) is 12.4 Å². The average molecular weight is 160 g/mol. The van der Waals surface area contributed by atoms with E-state index in [2.05, 4.69) is 10.3 Å². The van der Waals surface area contributed by atoms with Gasteiger partial charge in [-0.2, -0.15) is 0 Å². The van der Waals surface area contributed by atoms with Crippen LogP contribution in [0.15, 0.2) is 6.20 Å². The lowest BCUT2D eigenvalue weighted by Crippen LogP contribution is -2.02. The van der Waals surface area contributed by atoms with Crippen LogP contribution >= 0.6 is 11.3 Å². The van der Waals surface area contributed by atoms with Crippen LogP contribution in [0, 0.1) is 10.1 Å². The van der Waals surface area contributed by atoms with Crippen molar-refractivity contribution >= 4 is 21.5 Å². The Kier molecular flexibility index (Phi) is 1.81. The lowest BCUT2D eigenvalue weighted by molar-refractivity contribution is -0.402. The van der Waals surface area contributed by atoms with Gasteiger partial charge in [-0.15, -0.1) is 0 Å². The van der Waals surface area contributed by atoms with Crippen LogP contribution in [0.5, 0.6) is 0 Å². The van der Waals surface area contributed by atoms with E-state index < -0.39 is 4.92 Å². The van der Waals surface area contributed by atoms with Crippen molar-refractivity contribution in [1.82, 2.24) is 0 Å². The number of nitrogens with zero attached hydrogens (tertiary/aromatic N) is 1. The highest BCUT2D eigenvalue weighted by Gasteiger charge is 2.13. The zero-order chi connectivity index (χ0) is 7.56. The van der Waals surface area contributed by atoms with Gasteiger partial charge in [0.2, 0.25) is 0 Å². The lowest BCUT2D eigenvalue weighted by Gasteiger charge is -1.77. The number of nitro groups is 1. The molecule has 1 aromatic heterocycles. The van der Waals surface area contributed by atoms with Gasteiger partial charge in [-0.25, -0.2) is 4.98 Å². The quantitative estimate of drug-likeness (QED) is 0.506. The molecule has 0 aromatic carbocycles. The van der Waals surface area contributed by atoms with Gasteiger partial charge >= 0.3 is 10.1 Å². The van der Waals surface area contributed by atoms with Crippen molar-refractivity contribution in [3.63, 3.8) is 0 Å². The highest BCUT2D eigenvalue weighted by Crippen LogP contribution is 2.20. The molecule has 2 N–H and O–H groups in total. The SMILES string of the molecule is CNc1[nH+]cc([N+](=O)[O-])s1. The molecule has 0 unspecified atom stereocenters. The van der Waals surface area contributed by atoms with Crippen molar-refractivity contribution in [3.8, 4) is 0 Å². The molecule has 0 amide bonds. The highest BCUT2D eigenvalue weighted by molar-refractivity contribution is 7.18. The number of thiazole rings is 1. The van der Waals surface area contributed by atoms with E-state index in [1.807, 2.05) is 0 Å². The highest BCUT2D eigenvalue weighted by atomic mass is 32.1. The first kappa shape index (κ1) is 6.94. The van der Waals surface area contributed by atoms with E-state index in [9.17, 15) is 10.1 Å². The molecule has 1 heterocycles. The Hall–Kier alpha value is -1.17. The van der Waals surface area contributed by atoms with E-state index in [1.165, 1.54) is 6.20 Å². The predicted molar refractivity (Wildman–Crippen MR) is 37.1 cm³/mol. The molecule has 0 bridgehead atoms. The number of aromatic nitrogens is 1. The summed E-state index contributed by atoms with van der Waals surface area (Å²) < 4.78 is 0. The molecule has 0 spiro atoms. The van der Waals surface area contributed by atoms with Crippen molar-refractivity contribution in [2.24, 2.45) is 0 Å². The third-order valence-electron chi connectivity index (χ3n) is 0.940. The second kappa shape index (κ2) is 2.61. The summed E-state index contributed by atoms with van der Waals surface area (Å²) in [5.41, 5.74) is 0. The largest absolute Gasteiger partial charge is 0.369 e. The summed E-state index contributed by atoms with van der Waals surface area (Å²) in [6.45, 7) is 0. The minimum Gasteiger partial charge on any atom is -0.268 e. The predicted octanol–water partition coefficient (Wildman–Crippen LogP) is 0.512. The van der Waals surface area contributed by atoms with E-state index in [0.717, 1.165) is 11.3 Å². The second-order valence-electron chi connectivity index (χ2n) is 1.57. The van der Waals surface area contributed by atoms with Gasteiger partial charge in [-0.05, 0) is 0 Å². The molecule has 54 valence electrons. The molecule has 10 heavy (non-hydrogen) atoms. The molecule has 6 heteroatoms. The van der Waals surface area contributed by atoms with E-state index >= 15 is 0 Å². The Bertz CT molecular complexity index is 246. The Morgan fingerprint density at radius 2 is 2.60 bits per heavy atom. The third kappa shape index (κ3) is 1.21. The molecule has 5 nitrogen and oxygen atoms in total. The molecule has 0 saturated carbocycles. The van der Waals surface area contributed by atoms with Crippen LogP contribution in [0.25, 0.3) is 0 Å². The Morgan fingerprint density at radius 3 is 2.90 bits per heavy atom. The second-order valence-corrected chi connectivity index (χ2v) is 2.60. The summed E-state index contributed by atoms with van der Waals surface area (Å²) in [5, 5.41) is 13.7. The minimum atomic E-state index is -0.429. The fourth-order valence-corrected chi connectivity index (χ4v) is 1.13. The van der Waals surface area contributed by atoms with E-state index in [0.29, 0.717) is 5.13 Å². The number of aromatic amines is 1. The molecule has 1 rings (SSSR count). The lowest BCUT2D eigenvalue weighted by atomic mass is 10.9. The van der Waals surface area contributed by atoms with Gasteiger partial charge < -0.3 is 0 Å². The van der Waals surface area contributed by atoms with Crippen LogP contribution < -0.4 is 10.3 Å². The smallest absolute Gasteiger partial charge is 0.268 e. The Labute approximate surface area is 60.9 Å². The monoisotopic (exact) mass is 160 g/mol. The van der Waals surface area contributed by atoms with Gasteiger partial charge in [-0.1, -0.05) is 0 Å². The van der Waals surface area contributed by atoms with Gasteiger partial charge in [0.15, 0.2) is 6.20 Å². The first-order valence-corrected chi connectivity index (χ1v) is 3.39. The standard InChI is InChI=1S/C4H5N3O2S/c1-5-4-6-2-3(10-4)7(8)9/h2H,1H3,(H,5,6)/p+1. The summed E-state index contributed by atoms with van der Waals surface area (Å²) in [6.07, 6.45) is 1.36. The molecule has 0 aliphatic rings. The van der Waals surface area contributed by atoms with Crippen LogP contribution in [0.2, 0.25) is 0 Å². The molecule has 0 aliphatic carbocycles. The third-order valence-corrected chi connectivity index (χ3v) is 1.94. The average Bonchev–Trinajstić information content (AvgIpc) is 2.34. The molecule has 0 fully saturated rings.